The van der Waals surface area contributed by atoms with E-state index in [1.165, 1.54) is 23.4 Å². The molecule has 0 bridgehead atoms. The monoisotopic (exact) mass is 465 g/mol. The number of aliphatic hydroxyl groups excluding tert-OH is 1. The van der Waals surface area contributed by atoms with E-state index in [2.05, 4.69) is 34.1 Å². The minimum atomic E-state index is -0.608. The summed E-state index contributed by atoms with van der Waals surface area (Å²) in [5.41, 5.74) is 9.91. The summed E-state index contributed by atoms with van der Waals surface area (Å²) in [5, 5.41) is 10.5. The third-order valence-electron chi connectivity index (χ3n) is 6.08. The van der Waals surface area contributed by atoms with E-state index in [9.17, 15) is 9.50 Å². The van der Waals surface area contributed by atoms with E-state index in [0.29, 0.717) is 23.7 Å². The molecule has 1 saturated heterocycles. The minimum absolute atomic E-state index is 0.176. The average molecular weight is 466 g/mol. The van der Waals surface area contributed by atoms with Gasteiger partial charge >= 0.3 is 0 Å². The largest absolute Gasteiger partial charge is 0.493 e. The molecule has 6 nitrogen and oxygen atoms in total. The van der Waals surface area contributed by atoms with Crippen LogP contribution in [0.5, 0.6) is 11.5 Å². The van der Waals surface area contributed by atoms with Crippen LogP contribution in [0, 0.1) is 5.82 Å². The van der Waals surface area contributed by atoms with Crippen molar-refractivity contribution in [2.75, 3.05) is 57.1 Å². The molecule has 3 aromatic rings. The molecule has 0 radical (unpaired) electrons. The highest BCUT2D eigenvalue weighted by molar-refractivity contribution is 5.52. The number of nitrogens with two attached hydrogens (primary N) is 1. The van der Waals surface area contributed by atoms with Gasteiger partial charge in [-0.15, -0.1) is 0 Å². The van der Waals surface area contributed by atoms with Crippen molar-refractivity contribution in [3.63, 3.8) is 0 Å². The Morgan fingerprint density at radius 2 is 1.56 bits per heavy atom. The molecule has 0 spiro atoms. The highest BCUT2D eigenvalue weighted by Gasteiger charge is 2.20. The van der Waals surface area contributed by atoms with Crippen molar-refractivity contribution in [3.8, 4) is 11.5 Å². The lowest BCUT2D eigenvalue weighted by Gasteiger charge is -2.37. The normalized spacial score (nSPS) is 15.2. The molecule has 4 rings (SSSR count). The van der Waals surface area contributed by atoms with Gasteiger partial charge in [-0.2, -0.15) is 0 Å². The van der Waals surface area contributed by atoms with Gasteiger partial charge in [0.1, 0.15) is 18.5 Å². The summed E-state index contributed by atoms with van der Waals surface area (Å²) < 4.78 is 24.1. The van der Waals surface area contributed by atoms with Gasteiger partial charge in [-0.05, 0) is 53.9 Å². The standard InChI is InChI=1S/C27H32FN3O3/c1-33-26-11-8-23(29)17-27(26)34-19-25(32)18-30-12-14-31(15-13-30)24-9-4-21(5-10-24)16-20-2-6-22(28)7-3-20/h2-11,17,25,32H,12-16,18-19,29H2,1H3/t25-/m0/s1. The van der Waals surface area contributed by atoms with Gasteiger partial charge in [0.25, 0.3) is 0 Å². The Morgan fingerprint density at radius 1 is 0.912 bits per heavy atom. The van der Waals surface area contributed by atoms with Gasteiger partial charge in [0, 0.05) is 50.2 Å². The summed E-state index contributed by atoms with van der Waals surface area (Å²) in [6.45, 7) is 4.26. The molecule has 1 aliphatic heterocycles. The maximum Gasteiger partial charge on any atom is 0.163 e. The zero-order chi connectivity index (χ0) is 23.9. The summed E-state index contributed by atoms with van der Waals surface area (Å²) in [4.78, 5) is 4.61. The highest BCUT2D eigenvalue weighted by atomic mass is 19.1. The number of β-amino-alcohol motifs (C(OH)–C–C–N with tert-alkyl or cyclic N) is 1. The van der Waals surface area contributed by atoms with E-state index in [4.69, 9.17) is 15.2 Å². The summed E-state index contributed by atoms with van der Waals surface area (Å²) in [6.07, 6.45) is 0.180. The number of aliphatic hydroxyl groups is 1. The molecule has 1 heterocycles. The number of piperazine rings is 1. The van der Waals surface area contributed by atoms with Gasteiger partial charge in [-0.25, -0.2) is 4.39 Å². The van der Waals surface area contributed by atoms with Crippen LogP contribution < -0.4 is 20.1 Å². The molecular weight excluding hydrogens is 433 g/mol. The first-order chi connectivity index (χ1) is 16.5. The Bertz CT molecular complexity index is 1050. The lowest BCUT2D eigenvalue weighted by Crippen LogP contribution is -2.49. The maximum atomic E-state index is 13.1. The summed E-state index contributed by atoms with van der Waals surface area (Å²) in [7, 11) is 1.58. The predicted molar refractivity (Wildman–Crippen MR) is 133 cm³/mol. The fraction of sp³-hybridized carbons (Fsp3) is 0.333. The number of benzene rings is 3. The molecule has 0 saturated carbocycles. The van der Waals surface area contributed by atoms with E-state index < -0.39 is 6.10 Å². The first kappa shape index (κ1) is 23.9. The van der Waals surface area contributed by atoms with Crippen LogP contribution in [0.25, 0.3) is 0 Å². The van der Waals surface area contributed by atoms with Gasteiger partial charge < -0.3 is 25.2 Å². The molecule has 3 N–H and O–H groups in total. The first-order valence-electron chi connectivity index (χ1n) is 11.6. The fourth-order valence-corrected chi connectivity index (χ4v) is 4.19. The second-order valence-corrected chi connectivity index (χ2v) is 8.63. The molecular formula is C27H32FN3O3. The predicted octanol–water partition coefficient (Wildman–Crippen LogP) is 3.57. The average Bonchev–Trinajstić information content (AvgIpc) is 2.85. The van der Waals surface area contributed by atoms with Gasteiger partial charge in [0.15, 0.2) is 11.5 Å². The Hall–Kier alpha value is -3.29. The van der Waals surface area contributed by atoms with Gasteiger partial charge in [-0.1, -0.05) is 24.3 Å². The van der Waals surface area contributed by atoms with Crippen molar-refractivity contribution >= 4 is 11.4 Å². The van der Waals surface area contributed by atoms with E-state index in [0.717, 1.165) is 38.2 Å². The Balaban J connectivity index is 1.22. The Labute approximate surface area is 200 Å². The number of rotatable bonds is 9. The van der Waals surface area contributed by atoms with Crippen LogP contribution in [0.2, 0.25) is 0 Å². The van der Waals surface area contributed by atoms with Crippen molar-refractivity contribution < 1.29 is 19.0 Å². The molecule has 0 unspecified atom stereocenters. The van der Waals surface area contributed by atoms with E-state index in [1.807, 2.05) is 12.1 Å². The van der Waals surface area contributed by atoms with Crippen LogP contribution >= 0.6 is 0 Å². The molecule has 1 fully saturated rings. The number of ether oxygens (including phenoxy) is 2. The van der Waals surface area contributed by atoms with Crippen LogP contribution in [-0.2, 0) is 6.42 Å². The second-order valence-electron chi connectivity index (χ2n) is 8.63. The zero-order valence-electron chi connectivity index (χ0n) is 19.5. The Kier molecular flexibility index (Phi) is 7.87. The molecule has 0 aliphatic carbocycles. The van der Waals surface area contributed by atoms with Crippen molar-refractivity contribution in [2.45, 2.75) is 12.5 Å². The number of hydrogen-bond donors (Lipinski definition) is 2. The van der Waals surface area contributed by atoms with E-state index in [1.54, 1.807) is 25.3 Å². The number of nitrogen functional groups attached to an aromatic ring is 1. The quantitative estimate of drug-likeness (QED) is 0.471. The highest BCUT2D eigenvalue weighted by Crippen LogP contribution is 2.29. The molecule has 7 heteroatoms. The van der Waals surface area contributed by atoms with Crippen molar-refractivity contribution in [2.24, 2.45) is 0 Å². The van der Waals surface area contributed by atoms with Crippen LogP contribution in [0.15, 0.2) is 66.7 Å². The number of nitrogens with zero attached hydrogens (tertiary/aromatic N) is 2. The van der Waals surface area contributed by atoms with Crippen LogP contribution in [0.1, 0.15) is 11.1 Å². The smallest absolute Gasteiger partial charge is 0.163 e. The molecule has 0 amide bonds. The van der Waals surface area contributed by atoms with Crippen molar-refractivity contribution in [1.29, 1.82) is 0 Å². The SMILES string of the molecule is COc1ccc(N)cc1OC[C@@H](O)CN1CCN(c2ccc(Cc3ccc(F)cc3)cc2)CC1. The van der Waals surface area contributed by atoms with Gasteiger partial charge in [0.05, 0.1) is 7.11 Å². The Morgan fingerprint density at radius 3 is 2.21 bits per heavy atom. The molecule has 34 heavy (non-hydrogen) atoms. The molecule has 1 aliphatic rings. The molecule has 1 atom stereocenters. The number of halogens is 1. The van der Waals surface area contributed by atoms with Crippen LogP contribution in [0.3, 0.4) is 0 Å². The third-order valence-corrected chi connectivity index (χ3v) is 6.08. The first-order valence-corrected chi connectivity index (χ1v) is 11.6. The summed E-state index contributed by atoms with van der Waals surface area (Å²) in [5.74, 6) is 0.924. The lowest BCUT2D eigenvalue weighted by molar-refractivity contribution is 0.0653. The summed E-state index contributed by atoms with van der Waals surface area (Å²) in [6, 6.07) is 20.4. The van der Waals surface area contributed by atoms with E-state index >= 15 is 0 Å². The number of anilines is 2. The maximum absolute atomic E-state index is 13.1. The van der Waals surface area contributed by atoms with Crippen molar-refractivity contribution in [3.05, 3.63) is 83.7 Å². The zero-order valence-corrected chi connectivity index (χ0v) is 19.5. The molecule has 0 aromatic heterocycles. The number of methoxy groups -OCH3 is 1. The van der Waals surface area contributed by atoms with Gasteiger partial charge in [-0.3, -0.25) is 4.90 Å². The van der Waals surface area contributed by atoms with Gasteiger partial charge in [0.2, 0.25) is 0 Å². The minimum Gasteiger partial charge on any atom is -0.493 e. The molecule has 180 valence electrons. The van der Waals surface area contributed by atoms with Crippen LogP contribution in [-0.4, -0.2) is 62.6 Å². The topological polar surface area (TPSA) is 71.2 Å². The fourth-order valence-electron chi connectivity index (χ4n) is 4.19. The van der Waals surface area contributed by atoms with Crippen LogP contribution in [0.4, 0.5) is 15.8 Å². The van der Waals surface area contributed by atoms with E-state index in [-0.39, 0.29) is 12.4 Å². The number of hydrogen-bond acceptors (Lipinski definition) is 6. The molecule has 3 aromatic carbocycles. The summed E-state index contributed by atoms with van der Waals surface area (Å²) >= 11 is 0. The lowest BCUT2D eigenvalue weighted by atomic mass is 10.0. The third kappa shape index (κ3) is 6.40. The van der Waals surface area contributed by atoms with Crippen molar-refractivity contribution in [1.82, 2.24) is 4.90 Å². The second kappa shape index (κ2) is 11.2.